The highest BCUT2D eigenvalue weighted by atomic mass is 35.5. The molecule has 1 atom stereocenters. The number of anilines is 1. The number of nitrogens with one attached hydrogen (secondary N) is 1. The second-order valence-corrected chi connectivity index (χ2v) is 20.7. The summed E-state index contributed by atoms with van der Waals surface area (Å²) in [4.78, 5) is 68.2. The Labute approximate surface area is 373 Å². The molecule has 0 saturated carbocycles. The van der Waals surface area contributed by atoms with Crippen LogP contribution >= 0.6 is 18.7 Å². The van der Waals surface area contributed by atoms with E-state index in [1.807, 2.05) is 35.2 Å². The van der Waals surface area contributed by atoms with Gasteiger partial charge in [0.1, 0.15) is 24.8 Å². The number of carbonyl (C=O) groups is 4. The van der Waals surface area contributed by atoms with Gasteiger partial charge in [0.05, 0.1) is 17.8 Å². The van der Waals surface area contributed by atoms with Crippen molar-refractivity contribution in [2.75, 3.05) is 64.6 Å². The molecule has 3 fully saturated rings. The summed E-state index contributed by atoms with van der Waals surface area (Å²) < 4.78 is 18.8. The fourth-order valence-corrected chi connectivity index (χ4v) is 10.7. The topological polar surface area (TPSA) is 145 Å². The van der Waals surface area contributed by atoms with Crippen molar-refractivity contribution in [1.82, 2.24) is 30.0 Å². The van der Waals surface area contributed by atoms with Crippen LogP contribution in [0.15, 0.2) is 66.9 Å². The first-order valence-corrected chi connectivity index (χ1v) is 24.7. The molecule has 1 N–H and O–H groups in total. The van der Waals surface area contributed by atoms with E-state index in [0.717, 1.165) is 78.0 Å². The number of nitrogens with zero attached hydrogens (tertiary/aromatic N) is 6. The molecule has 63 heavy (non-hydrogen) atoms. The number of amides is 4. The van der Waals surface area contributed by atoms with Gasteiger partial charge in [-0.2, -0.15) is 0 Å². The number of piperidine rings is 2. The number of hydrogen-bond acceptors (Lipinski definition) is 10. The van der Waals surface area contributed by atoms with E-state index in [9.17, 15) is 23.7 Å². The summed E-state index contributed by atoms with van der Waals surface area (Å²) in [6.07, 6.45) is 5.90. The predicted octanol–water partition coefficient (Wildman–Crippen LogP) is 5.27. The first kappa shape index (κ1) is 44.1. The Morgan fingerprint density at radius 1 is 0.937 bits per heavy atom. The van der Waals surface area contributed by atoms with Gasteiger partial charge in [-0.1, -0.05) is 59.8 Å². The molecule has 3 saturated heterocycles. The van der Waals surface area contributed by atoms with E-state index in [-0.39, 0.29) is 30.7 Å². The lowest BCUT2D eigenvalue weighted by Gasteiger charge is -2.43. The number of carbonyl (C=O) groups excluding carboxylic acids is 4. The number of methoxy groups -OCH3 is 1. The van der Waals surface area contributed by atoms with Crippen LogP contribution in [0.3, 0.4) is 0 Å². The summed E-state index contributed by atoms with van der Waals surface area (Å²) in [7, 11) is -0.795. The van der Waals surface area contributed by atoms with Crippen molar-refractivity contribution in [2.45, 2.75) is 70.0 Å². The molecule has 13 nitrogen and oxygen atoms in total. The zero-order chi connectivity index (χ0) is 44.3. The van der Waals surface area contributed by atoms with Crippen molar-refractivity contribution in [1.29, 1.82) is 0 Å². The number of fused-ring (bicyclic) bond motifs is 1. The lowest BCUT2D eigenvalue weighted by Crippen LogP contribution is -2.54. The van der Waals surface area contributed by atoms with Crippen LogP contribution in [0, 0.1) is 11.8 Å². The second kappa shape index (κ2) is 19.1. The molecule has 4 aliphatic rings. The number of benzene rings is 3. The molecule has 4 aliphatic heterocycles. The van der Waals surface area contributed by atoms with E-state index in [0.29, 0.717) is 73.3 Å². The van der Waals surface area contributed by atoms with Crippen LogP contribution in [0.4, 0.5) is 5.69 Å². The van der Waals surface area contributed by atoms with Gasteiger partial charge < -0.3 is 24.0 Å². The normalized spacial score (nSPS) is 18.5. The highest BCUT2D eigenvalue weighted by Crippen LogP contribution is 2.37. The lowest BCUT2D eigenvalue weighted by molar-refractivity contribution is -0.137. The van der Waals surface area contributed by atoms with Crippen molar-refractivity contribution in [3.8, 4) is 17.6 Å². The number of rotatable bonds is 11. The van der Waals surface area contributed by atoms with Crippen LogP contribution in [0.2, 0.25) is 5.02 Å². The number of aromatic nitrogens is 2. The standard InChI is InChI=1S/C48H53ClN7O6P/c1-62-42-29-36(16-15-33(42)28-44-50-30-39(49)40(51-44)27-34-10-4-6-13-43(34)63(2,3)61)53-21-19-35(20-22-53)54-23-25-55(26-24-54)46(58)14-7-5-9-32-11-8-12-37-38(32)31-56(48(37)60)41-17-18-45(57)52-47(41)59/h4,6,8,10-13,15-16,29-30,35,41H,7,14,17-28,31H2,1-3H3,(H,52,57,59). The van der Waals surface area contributed by atoms with Crippen LogP contribution in [0.25, 0.3) is 0 Å². The van der Waals surface area contributed by atoms with E-state index >= 15 is 0 Å². The van der Waals surface area contributed by atoms with Gasteiger partial charge >= 0.3 is 0 Å². The molecular formula is C48H53ClN7O6P. The van der Waals surface area contributed by atoms with Gasteiger partial charge in [0, 0.05) is 124 Å². The van der Waals surface area contributed by atoms with E-state index in [4.69, 9.17) is 21.3 Å². The maximum Gasteiger partial charge on any atom is 0.255 e. The molecule has 0 spiro atoms. The number of halogens is 1. The Kier molecular flexibility index (Phi) is 13.3. The quantitative estimate of drug-likeness (QED) is 0.120. The van der Waals surface area contributed by atoms with Gasteiger partial charge in [-0.25, -0.2) is 9.97 Å². The summed E-state index contributed by atoms with van der Waals surface area (Å²) in [6.45, 7) is 8.75. The van der Waals surface area contributed by atoms with Crippen LogP contribution in [0.1, 0.15) is 82.7 Å². The van der Waals surface area contributed by atoms with Crippen molar-refractivity contribution in [3.63, 3.8) is 0 Å². The summed E-state index contributed by atoms with van der Waals surface area (Å²) in [5.74, 6) is 6.86. The van der Waals surface area contributed by atoms with Gasteiger partial charge in [0.2, 0.25) is 17.7 Å². The molecule has 0 bridgehead atoms. The largest absolute Gasteiger partial charge is 0.496 e. The molecular weight excluding hydrogens is 837 g/mol. The maximum absolute atomic E-state index is 13.2. The third-order valence-corrected chi connectivity index (χ3v) is 14.6. The fourth-order valence-electron chi connectivity index (χ4n) is 9.28. The Morgan fingerprint density at radius 3 is 2.46 bits per heavy atom. The van der Waals surface area contributed by atoms with Crippen LogP contribution in [-0.4, -0.2) is 120 Å². The fraction of sp³-hybridized carbons (Fsp3) is 0.417. The summed E-state index contributed by atoms with van der Waals surface area (Å²) in [6, 6.07) is 19.3. The zero-order valence-corrected chi connectivity index (χ0v) is 37.7. The molecule has 5 heterocycles. The van der Waals surface area contributed by atoms with E-state index in [1.165, 1.54) is 4.90 Å². The first-order valence-electron chi connectivity index (χ1n) is 21.7. The highest BCUT2D eigenvalue weighted by molar-refractivity contribution is 7.70. The smallest absolute Gasteiger partial charge is 0.255 e. The van der Waals surface area contributed by atoms with Gasteiger partial charge in [-0.3, -0.25) is 29.4 Å². The molecule has 1 aromatic heterocycles. The third kappa shape index (κ3) is 9.99. The SMILES string of the molecule is COc1cc(N2CCC(N3CCN(C(=O)CCC#Cc4cccc5c4CN(C4CCC(=O)NC4=O)C5=O)CC3)CC2)ccc1Cc1ncc(Cl)c(Cc2ccccc2P(C)(C)=O)n1. The molecule has 3 aromatic carbocycles. The lowest BCUT2D eigenvalue weighted by atomic mass is 10.0. The Balaban J connectivity index is 0.796. The minimum Gasteiger partial charge on any atom is -0.496 e. The molecule has 0 radical (unpaired) electrons. The summed E-state index contributed by atoms with van der Waals surface area (Å²) >= 11 is 6.57. The monoisotopic (exact) mass is 889 g/mol. The second-order valence-electron chi connectivity index (χ2n) is 17.1. The minimum atomic E-state index is -2.48. The van der Waals surface area contributed by atoms with E-state index in [2.05, 4.69) is 50.1 Å². The van der Waals surface area contributed by atoms with Crippen LogP contribution in [0.5, 0.6) is 5.75 Å². The molecule has 8 rings (SSSR count). The van der Waals surface area contributed by atoms with Crippen LogP contribution in [-0.2, 0) is 38.3 Å². The zero-order valence-electron chi connectivity index (χ0n) is 36.1. The number of ether oxygens (including phenoxy) is 1. The summed E-state index contributed by atoms with van der Waals surface area (Å²) in [5, 5.41) is 3.66. The van der Waals surface area contributed by atoms with E-state index in [1.54, 1.807) is 38.8 Å². The average Bonchev–Trinajstić information content (AvgIpc) is 3.62. The summed E-state index contributed by atoms with van der Waals surface area (Å²) in [5.41, 5.74) is 5.78. The number of imide groups is 1. The highest BCUT2D eigenvalue weighted by Gasteiger charge is 2.40. The van der Waals surface area contributed by atoms with Gasteiger partial charge in [0.15, 0.2) is 0 Å². The van der Waals surface area contributed by atoms with E-state index < -0.39 is 19.1 Å². The van der Waals surface area contributed by atoms with Crippen molar-refractivity contribution >= 4 is 53.4 Å². The van der Waals surface area contributed by atoms with Gasteiger partial charge in [0.25, 0.3) is 5.91 Å². The van der Waals surface area contributed by atoms with Gasteiger partial charge in [-0.05, 0) is 61.9 Å². The van der Waals surface area contributed by atoms with Crippen molar-refractivity contribution in [3.05, 3.63) is 111 Å². The maximum atomic E-state index is 13.2. The van der Waals surface area contributed by atoms with Gasteiger partial charge in [-0.15, -0.1) is 0 Å². The molecule has 1 unspecified atom stereocenters. The number of piperazine rings is 1. The Hall–Kier alpha value is -5.54. The van der Waals surface area contributed by atoms with Crippen LogP contribution < -0.4 is 20.3 Å². The number of hydrogen-bond donors (Lipinski definition) is 1. The predicted molar refractivity (Wildman–Crippen MR) is 243 cm³/mol. The molecule has 15 heteroatoms. The molecule has 4 aromatic rings. The Bertz CT molecular complexity index is 2540. The molecule has 0 aliphatic carbocycles. The third-order valence-electron chi connectivity index (χ3n) is 12.7. The first-order chi connectivity index (χ1) is 30.4. The van der Waals surface area contributed by atoms with Crippen molar-refractivity contribution in [2.24, 2.45) is 0 Å². The molecule has 4 amide bonds. The Morgan fingerprint density at radius 2 is 1.71 bits per heavy atom. The van der Waals surface area contributed by atoms with Crippen molar-refractivity contribution < 1.29 is 28.5 Å². The average molecular weight is 890 g/mol. The minimum absolute atomic E-state index is 0.100. The molecule has 328 valence electrons.